The highest BCUT2D eigenvalue weighted by atomic mass is 35.5. The van der Waals surface area contributed by atoms with Gasteiger partial charge in [0.25, 0.3) is 5.91 Å². The minimum Gasteiger partial charge on any atom is -0.491 e. The van der Waals surface area contributed by atoms with Gasteiger partial charge in [-0.15, -0.1) is 0 Å². The third-order valence-electron chi connectivity index (χ3n) is 5.67. The van der Waals surface area contributed by atoms with Gasteiger partial charge in [0.15, 0.2) is 0 Å². The molecule has 4 amide bonds. The summed E-state index contributed by atoms with van der Waals surface area (Å²) in [7, 11) is 0. The number of hydrogen-bond donors (Lipinski definition) is 4. The Hall–Kier alpha value is -2.85. The number of amides is 4. The van der Waals surface area contributed by atoms with E-state index in [1.165, 1.54) is 17.9 Å². The molecule has 33 heavy (non-hydrogen) atoms. The van der Waals surface area contributed by atoms with Crippen molar-refractivity contribution in [2.24, 2.45) is 5.92 Å². The number of carbonyl (C=O) groups excluding carboxylic acids is 4. The van der Waals surface area contributed by atoms with E-state index in [2.05, 4.69) is 16.0 Å². The summed E-state index contributed by atoms with van der Waals surface area (Å²) in [5, 5.41) is 18.4. The van der Waals surface area contributed by atoms with Crippen LogP contribution in [-0.2, 0) is 14.4 Å². The van der Waals surface area contributed by atoms with Crippen LogP contribution in [0.25, 0.3) is 0 Å². The number of aliphatic hydroxyl groups is 1. The number of carbonyl (C=O) groups is 4. The number of fused-ring (bicyclic) bond motifs is 2. The third kappa shape index (κ3) is 5.75. The molecule has 0 bridgehead atoms. The number of halogens is 1. The standard InChI is InChI=1S/C22H29ClN4O6/c1-11(2)18-21(31)25-12(3)22(32)27-10-14(28)9-16(27)20(30)24-6-7-33-17-5-4-13(23)8-15(17)19(29)26-18/h4-5,8,11-12,14,16,18,28H,6-7,9-10H2,1-3H3,(H,24,30)(H,25,31)(H,26,29)/t12-,14+,16+,18+/m1/s1. The summed E-state index contributed by atoms with van der Waals surface area (Å²) in [4.78, 5) is 52.9. The second kappa shape index (κ2) is 10.4. The van der Waals surface area contributed by atoms with Crippen LogP contribution in [0, 0.1) is 5.92 Å². The highest BCUT2D eigenvalue weighted by molar-refractivity contribution is 6.31. The third-order valence-corrected chi connectivity index (χ3v) is 5.91. The van der Waals surface area contributed by atoms with E-state index in [4.69, 9.17) is 16.3 Å². The zero-order chi connectivity index (χ0) is 24.3. The van der Waals surface area contributed by atoms with Gasteiger partial charge in [0, 0.05) is 18.0 Å². The zero-order valence-corrected chi connectivity index (χ0v) is 19.5. The Labute approximate surface area is 197 Å². The lowest BCUT2D eigenvalue weighted by Gasteiger charge is -2.29. The van der Waals surface area contributed by atoms with Crippen LogP contribution < -0.4 is 20.7 Å². The van der Waals surface area contributed by atoms with E-state index in [1.54, 1.807) is 26.0 Å². The van der Waals surface area contributed by atoms with E-state index in [0.29, 0.717) is 5.02 Å². The van der Waals surface area contributed by atoms with Gasteiger partial charge in [-0.3, -0.25) is 19.2 Å². The molecule has 3 rings (SSSR count). The van der Waals surface area contributed by atoms with Gasteiger partial charge in [-0.2, -0.15) is 0 Å². The lowest BCUT2D eigenvalue weighted by Crippen LogP contribution is -2.57. The molecule has 180 valence electrons. The molecular formula is C22H29ClN4O6. The first-order valence-corrected chi connectivity index (χ1v) is 11.3. The van der Waals surface area contributed by atoms with Gasteiger partial charge in [-0.1, -0.05) is 25.4 Å². The lowest BCUT2D eigenvalue weighted by atomic mass is 10.0. The average molecular weight is 481 g/mol. The summed E-state index contributed by atoms with van der Waals surface area (Å²) < 4.78 is 5.69. The number of nitrogens with one attached hydrogen (secondary N) is 3. The van der Waals surface area contributed by atoms with Gasteiger partial charge in [-0.25, -0.2) is 0 Å². The van der Waals surface area contributed by atoms with Gasteiger partial charge in [0.1, 0.15) is 30.5 Å². The molecule has 10 nitrogen and oxygen atoms in total. The Kier molecular flexibility index (Phi) is 7.80. The van der Waals surface area contributed by atoms with Crippen molar-refractivity contribution >= 4 is 35.2 Å². The summed E-state index contributed by atoms with van der Waals surface area (Å²) in [5.41, 5.74) is 0.147. The van der Waals surface area contributed by atoms with Gasteiger partial charge in [0.2, 0.25) is 17.7 Å². The van der Waals surface area contributed by atoms with Crippen LogP contribution in [0.2, 0.25) is 5.02 Å². The zero-order valence-electron chi connectivity index (χ0n) is 18.8. The number of ether oxygens (including phenoxy) is 1. The maximum atomic E-state index is 13.0. The molecule has 1 saturated heterocycles. The van der Waals surface area contributed by atoms with Crippen molar-refractivity contribution in [1.29, 1.82) is 0 Å². The van der Waals surface area contributed by atoms with Crippen molar-refractivity contribution in [1.82, 2.24) is 20.9 Å². The summed E-state index contributed by atoms with van der Waals surface area (Å²) >= 11 is 6.07. The molecule has 0 saturated carbocycles. The molecule has 2 aliphatic heterocycles. The molecule has 1 aromatic carbocycles. The van der Waals surface area contributed by atoms with Crippen molar-refractivity contribution < 1.29 is 29.0 Å². The van der Waals surface area contributed by atoms with Crippen molar-refractivity contribution in [3.63, 3.8) is 0 Å². The maximum Gasteiger partial charge on any atom is 0.255 e. The number of hydrogen-bond acceptors (Lipinski definition) is 6. The van der Waals surface area contributed by atoms with Gasteiger partial charge in [0.05, 0.1) is 18.2 Å². The molecule has 4 atom stereocenters. The molecular weight excluding hydrogens is 452 g/mol. The van der Waals surface area contributed by atoms with E-state index < -0.39 is 47.9 Å². The average Bonchev–Trinajstić information content (AvgIpc) is 3.15. The summed E-state index contributed by atoms with van der Waals surface area (Å²) in [5.74, 6) is -2.05. The van der Waals surface area contributed by atoms with Crippen LogP contribution >= 0.6 is 11.6 Å². The monoisotopic (exact) mass is 480 g/mol. The van der Waals surface area contributed by atoms with E-state index in [-0.39, 0.29) is 43.3 Å². The second-order valence-corrected chi connectivity index (χ2v) is 9.04. The summed E-state index contributed by atoms with van der Waals surface area (Å²) in [6.45, 7) is 5.21. The molecule has 4 N–H and O–H groups in total. The van der Waals surface area contributed by atoms with Crippen molar-refractivity contribution in [3.8, 4) is 5.75 Å². The van der Waals surface area contributed by atoms with Crippen LogP contribution in [0.4, 0.5) is 0 Å². The number of rotatable bonds is 1. The van der Waals surface area contributed by atoms with Crippen LogP contribution in [0.3, 0.4) is 0 Å². The lowest BCUT2D eigenvalue weighted by molar-refractivity contribution is -0.141. The number of aliphatic hydroxyl groups excluding tert-OH is 1. The minimum atomic E-state index is -0.964. The first kappa shape index (κ1) is 24.8. The van der Waals surface area contributed by atoms with E-state index in [9.17, 15) is 24.3 Å². The molecule has 0 radical (unpaired) electrons. The Bertz CT molecular complexity index is 939. The number of nitrogens with zero attached hydrogens (tertiary/aromatic N) is 1. The normalized spacial score (nSPS) is 27.3. The fraction of sp³-hybridized carbons (Fsp3) is 0.545. The number of benzene rings is 1. The topological polar surface area (TPSA) is 137 Å². The summed E-state index contributed by atoms with van der Waals surface area (Å²) in [6.07, 6.45) is -0.740. The Morgan fingerprint density at radius 3 is 2.58 bits per heavy atom. The van der Waals surface area contributed by atoms with Crippen LogP contribution in [0.5, 0.6) is 5.75 Å². The molecule has 1 fully saturated rings. The summed E-state index contributed by atoms with van der Waals surface area (Å²) in [6, 6.07) is 1.80. The fourth-order valence-electron chi connectivity index (χ4n) is 3.93. The molecule has 2 heterocycles. The predicted octanol–water partition coefficient (Wildman–Crippen LogP) is 0.0695. The Morgan fingerprint density at radius 1 is 1.15 bits per heavy atom. The highest BCUT2D eigenvalue weighted by Crippen LogP contribution is 2.24. The van der Waals surface area contributed by atoms with Gasteiger partial charge >= 0.3 is 0 Å². The smallest absolute Gasteiger partial charge is 0.255 e. The quantitative estimate of drug-likeness (QED) is 0.449. The second-order valence-electron chi connectivity index (χ2n) is 8.60. The fourth-order valence-corrected chi connectivity index (χ4v) is 4.10. The van der Waals surface area contributed by atoms with Crippen molar-refractivity contribution in [2.45, 2.75) is 51.4 Å². The molecule has 0 aliphatic carbocycles. The van der Waals surface area contributed by atoms with Crippen LogP contribution in [0.15, 0.2) is 18.2 Å². The SMILES string of the molecule is CC(C)[C@@H]1NC(=O)c2cc(Cl)ccc2OCCNC(=O)[C@@H]2C[C@H](O)CN2C(=O)[C@@H](C)NC1=O. The molecule has 1 aromatic rings. The largest absolute Gasteiger partial charge is 0.491 e. The highest BCUT2D eigenvalue weighted by Gasteiger charge is 2.41. The Balaban J connectivity index is 1.93. The van der Waals surface area contributed by atoms with Crippen molar-refractivity contribution in [3.05, 3.63) is 28.8 Å². The van der Waals surface area contributed by atoms with Crippen LogP contribution in [0.1, 0.15) is 37.6 Å². The predicted molar refractivity (Wildman–Crippen MR) is 120 cm³/mol. The Morgan fingerprint density at radius 2 is 1.88 bits per heavy atom. The van der Waals surface area contributed by atoms with Gasteiger partial charge in [-0.05, 0) is 31.0 Å². The van der Waals surface area contributed by atoms with E-state index in [0.717, 1.165) is 0 Å². The maximum absolute atomic E-state index is 13.0. The van der Waals surface area contributed by atoms with E-state index >= 15 is 0 Å². The van der Waals surface area contributed by atoms with E-state index in [1.807, 2.05) is 0 Å². The van der Waals surface area contributed by atoms with Crippen LogP contribution in [-0.4, -0.2) is 77.6 Å². The first-order valence-electron chi connectivity index (χ1n) is 10.9. The molecule has 11 heteroatoms. The minimum absolute atomic E-state index is 0.00783. The molecule has 2 aliphatic rings. The molecule has 0 spiro atoms. The first-order chi connectivity index (χ1) is 15.6. The molecule has 0 unspecified atom stereocenters. The van der Waals surface area contributed by atoms with Gasteiger partial charge < -0.3 is 30.7 Å². The van der Waals surface area contributed by atoms with Crippen molar-refractivity contribution in [2.75, 3.05) is 19.7 Å². The molecule has 0 aromatic heterocycles.